The van der Waals surface area contributed by atoms with Crippen molar-refractivity contribution in [2.75, 3.05) is 32.1 Å². The molecule has 0 saturated heterocycles. The minimum Gasteiger partial charge on any atom is -0.422 e. The van der Waals surface area contributed by atoms with E-state index in [2.05, 4.69) is 4.98 Å². The molecule has 5 rings (SSSR count). The second-order valence-corrected chi connectivity index (χ2v) is 9.00. The molecule has 0 unspecified atom stereocenters. The first-order valence-corrected chi connectivity index (χ1v) is 11.2. The minimum absolute atomic E-state index is 0.0858. The highest BCUT2D eigenvalue weighted by Gasteiger charge is 2.25. The minimum atomic E-state index is -0.718. The van der Waals surface area contributed by atoms with Crippen LogP contribution >= 0.6 is 11.3 Å². The van der Waals surface area contributed by atoms with Crippen molar-refractivity contribution in [1.82, 2.24) is 9.88 Å². The highest BCUT2D eigenvalue weighted by molar-refractivity contribution is 7.22. The van der Waals surface area contributed by atoms with Crippen molar-refractivity contribution < 1.29 is 13.6 Å². The zero-order chi connectivity index (χ0) is 23.1. The topological polar surface area (TPSA) is 66.7 Å². The molecule has 5 aromatic rings. The van der Waals surface area contributed by atoms with Crippen LogP contribution in [0, 0.1) is 5.82 Å². The maximum atomic E-state index is 14.3. The van der Waals surface area contributed by atoms with Gasteiger partial charge in [-0.2, -0.15) is 0 Å². The Morgan fingerprint density at radius 2 is 1.85 bits per heavy atom. The fourth-order valence-corrected chi connectivity index (χ4v) is 4.77. The van der Waals surface area contributed by atoms with E-state index in [9.17, 15) is 14.0 Å². The average molecular weight is 462 g/mol. The van der Waals surface area contributed by atoms with Gasteiger partial charge in [-0.3, -0.25) is 9.69 Å². The van der Waals surface area contributed by atoms with E-state index in [-0.39, 0.29) is 17.6 Å². The molecular formula is C25H20FN3O3S. The Balaban J connectivity index is 1.65. The van der Waals surface area contributed by atoms with E-state index in [0.717, 1.165) is 10.8 Å². The number of amides is 1. The molecule has 33 heavy (non-hydrogen) atoms. The third kappa shape index (κ3) is 3.88. The maximum Gasteiger partial charge on any atom is 0.349 e. The van der Waals surface area contributed by atoms with Gasteiger partial charge >= 0.3 is 5.63 Å². The number of hydrogen-bond donors (Lipinski definition) is 0. The lowest BCUT2D eigenvalue weighted by Gasteiger charge is -2.21. The van der Waals surface area contributed by atoms with E-state index in [0.29, 0.717) is 27.3 Å². The zero-order valence-corrected chi connectivity index (χ0v) is 18.9. The molecule has 2 aromatic heterocycles. The number of aromatic nitrogens is 1. The fourth-order valence-electron chi connectivity index (χ4n) is 3.77. The van der Waals surface area contributed by atoms with Gasteiger partial charge in [-0.1, -0.05) is 47.7 Å². The SMILES string of the molecule is CN(C)CCN(C(=O)c1cc2c(ccc3ccccc32)oc1=O)c1nc2c(F)cccc2s1. The number of anilines is 1. The van der Waals surface area contributed by atoms with Crippen molar-refractivity contribution in [3.05, 3.63) is 82.5 Å². The number of hydrogen-bond acceptors (Lipinski definition) is 6. The Labute approximate surface area is 192 Å². The molecule has 0 aliphatic carbocycles. The van der Waals surface area contributed by atoms with Crippen LogP contribution in [0.2, 0.25) is 0 Å². The predicted octanol–water partition coefficient (Wildman–Crippen LogP) is 4.90. The van der Waals surface area contributed by atoms with Crippen LogP contribution in [0.25, 0.3) is 32.0 Å². The standard InChI is InChI=1S/C25H20FN3O3S/c1-28(2)12-13-29(25-27-22-19(26)8-5-9-21(22)33-25)23(30)18-14-17-16-7-4-3-6-15(16)10-11-20(17)32-24(18)31/h3-11,14H,12-13H2,1-2H3. The lowest BCUT2D eigenvalue weighted by atomic mass is 10.0. The number of nitrogens with zero attached hydrogens (tertiary/aromatic N) is 3. The number of rotatable bonds is 5. The summed E-state index contributed by atoms with van der Waals surface area (Å²) >= 11 is 1.21. The van der Waals surface area contributed by atoms with Gasteiger partial charge in [-0.05, 0) is 49.1 Å². The van der Waals surface area contributed by atoms with E-state index in [1.54, 1.807) is 24.3 Å². The first-order chi connectivity index (χ1) is 15.9. The summed E-state index contributed by atoms with van der Waals surface area (Å²) in [5, 5.41) is 2.87. The summed E-state index contributed by atoms with van der Waals surface area (Å²) < 4.78 is 20.4. The molecule has 6 nitrogen and oxygen atoms in total. The van der Waals surface area contributed by atoms with Crippen molar-refractivity contribution in [2.45, 2.75) is 0 Å². The first-order valence-electron chi connectivity index (χ1n) is 10.4. The molecule has 0 spiro atoms. The van der Waals surface area contributed by atoms with E-state index in [4.69, 9.17) is 4.42 Å². The molecule has 0 saturated carbocycles. The van der Waals surface area contributed by atoms with Gasteiger partial charge in [0.2, 0.25) is 0 Å². The van der Waals surface area contributed by atoms with Crippen molar-refractivity contribution in [2.24, 2.45) is 0 Å². The second-order valence-electron chi connectivity index (χ2n) is 7.99. The summed E-state index contributed by atoms with van der Waals surface area (Å²) in [6.45, 7) is 0.812. The Morgan fingerprint density at radius 1 is 1.03 bits per heavy atom. The maximum absolute atomic E-state index is 14.3. The average Bonchev–Trinajstić information content (AvgIpc) is 3.23. The predicted molar refractivity (Wildman–Crippen MR) is 130 cm³/mol. The molecule has 0 N–H and O–H groups in total. The van der Waals surface area contributed by atoms with Crippen molar-refractivity contribution >= 4 is 54.3 Å². The summed E-state index contributed by atoms with van der Waals surface area (Å²) in [4.78, 5) is 34.2. The van der Waals surface area contributed by atoms with Crippen LogP contribution in [0.1, 0.15) is 10.4 Å². The van der Waals surface area contributed by atoms with Gasteiger partial charge in [0.25, 0.3) is 5.91 Å². The summed E-state index contributed by atoms with van der Waals surface area (Å²) in [5.74, 6) is -0.980. The first kappa shape index (κ1) is 21.2. The third-order valence-corrected chi connectivity index (χ3v) is 6.52. The van der Waals surface area contributed by atoms with E-state index >= 15 is 0 Å². The van der Waals surface area contributed by atoms with Crippen LogP contribution in [-0.4, -0.2) is 43.0 Å². The monoisotopic (exact) mass is 461 g/mol. The highest BCUT2D eigenvalue weighted by atomic mass is 32.1. The van der Waals surface area contributed by atoms with Gasteiger partial charge in [0.1, 0.15) is 22.5 Å². The molecule has 2 heterocycles. The number of fused-ring (bicyclic) bond motifs is 4. The number of carbonyl (C=O) groups is 1. The van der Waals surface area contributed by atoms with Gasteiger partial charge in [0, 0.05) is 18.5 Å². The molecule has 3 aromatic carbocycles. The summed E-state index contributed by atoms with van der Waals surface area (Å²) in [6, 6.07) is 17.6. The number of benzene rings is 3. The molecule has 0 atom stereocenters. The van der Waals surface area contributed by atoms with Gasteiger partial charge < -0.3 is 9.32 Å². The van der Waals surface area contributed by atoms with Crippen molar-refractivity contribution in [3.63, 3.8) is 0 Å². The summed E-state index contributed by atoms with van der Waals surface area (Å²) in [5.41, 5.74) is -0.184. The molecule has 166 valence electrons. The third-order valence-electron chi connectivity index (χ3n) is 5.48. The highest BCUT2D eigenvalue weighted by Crippen LogP contribution is 2.31. The molecule has 0 radical (unpaired) electrons. The van der Waals surface area contributed by atoms with Gasteiger partial charge in [0.15, 0.2) is 5.13 Å². The number of halogens is 1. The Morgan fingerprint density at radius 3 is 2.64 bits per heavy atom. The smallest absolute Gasteiger partial charge is 0.349 e. The molecule has 0 bridgehead atoms. The Bertz CT molecular complexity index is 1570. The molecule has 8 heteroatoms. The van der Waals surface area contributed by atoms with Crippen LogP contribution in [-0.2, 0) is 0 Å². The van der Waals surface area contributed by atoms with Crippen LogP contribution in [0.5, 0.6) is 0 Å². The van der Waals surface area contributed by atoms with Crippen molar-refractivity contribution in [1.29, 1.82) is 0 Å². The van der Waals surface area contributed by atoms with E-state index in [1.807, 2.05) is 49.3 Å². The Kier molecular flexibility index (Phi) is 5.39. The fraction of sp³-hybridized carbons (Fsp3) is 0.160. The molecule has 1 amide bonds. The summed E-state index contributed by atoms with van der Waals surface area (Å²) in [6.07, 6.45) is 0. The largest absolute Gasteiger partial charge is 0.422 e. The second kappa shape index (κ2) is 8.38. The van der Waals surface area contributed by atoms with Crippen LogP contribution in [0.15, 0.2) is 69.9 Å². The number of likely N-dealkylation sites (N-methyl/N-ethyl adjacent to an activating group) is 1. The lowest BCUT2D eigenvalue weighted by molar-refractivity contribution is 0.0982. The van der Waals surface area contributed by atoms with Gasteiger partial charge in [-0.25, -0.2) is 14.2 Å². The number of carbonyl (C=O) groups excluding carboxylic acids is 1. The van der Waals surface area contributed by atoms with Crippen LogP contribution in [0.4, 0.5) is 9.52 Å². The lowest BCUT2D eigenvalue weighted by Crippen LogP contribution is -2.38. The Hall–Kier alpha value is -3.62. The van der Waals surface area contributed by atoms with Crippen molar-refractivity contribution in [3.8, 4) is 0 Å². The van der Waals surface area contributed by atoms with E-state index in [1.165, 1.54) is 22.3 Å². The molecule has 0 fully saturated rings. The summed E-state index contributed by atoms with van der Waals surface area (Å²) in [7, 11) is 3.77. The van der Waals surface area contributed by atoms with Gasteiger partial charge in [-0.15, -0.1) is 0 Å². The zero-order valence-electron chi connectivity index (χ0n) is 18.0. The molecule has 0 aliphatic rings. The molecular weight excluding hydrogens is 441 g/mol. The van der Waals surface area contributed by atoms with Crippen LogP contribution in [0.3, 0.4) is 0 Å². The van der Waals surface area contributed by atoms with Crippen LogP contribution < -0.4 is 10.5 Å². The number of thiazole rings is 1. The van der Waals surface area contributed by atoms with Gasteiger partial charge in [0.05, 0.1) is 4.70 Å². The van der Waals surface area contributed by atoms with E-state index < -0.39 is 17.3 Å². The molecule has 0 aliphatic heterocycles. The quantitative estimate of drug-likeness (QED) is 0.275. The number of para-hydroxylation sites is 1. The normalized spacial score (nSPS) is 11.6.